The molecule has 0 aliphatic carbocycles. The molecule has 1 heterocycles. The quantitative estimate of drug-likeness (QED) is 0.829. The Balaban J connectivity index is 2.26. The van der Waals surface area contributed by atoms with Crippen molar-refractivity contribution in [1.29, 1.82) is 0 Å². The number of carbonyl (C=O) groups is 1. The van der Waals surface area contributed by atoms with Gasteiger partial charge >= 0.3 is 0 Å². The summed E-state index contributed by atoms with van der Waals surface area (Å²) in [6.45, 7) is 10.3. The Morgan fingerprint density at radius 2 is 1.96 bits per heavy atom. The first-order chi connectivity index (χ1) is 11.3. The Hall–Kier alpha value is -1.66. The maximum absolute atomic E-state index is 13.1. The standard InChI is InChI=1S/C18H26N2O3S/c1-5-8-19-18(21)16-7-6-9-20(12-16)24(22,23)17-14(3)10-13(2)11-15(17)4/h5,10-11,16H,1,6-9,12H2,2-4H3,(H,19,21). The fourth-order valence-corrected chi connectivity index (χ4v) is 5.33. The molecule has 1 N–H and O–H groups in total. The van der Waals surface area contributed by atoms with Gasteiger partial charge in [-0.15, -0.1) is 6.58 Å². The highest BCUT2D eigenvalue weighted by Crippen LogP contribution is 2.28. The molecule has 1 aliphatic heterocycles. The summed E-state index contributed by atoms with van der Waals surface area (Å²) >= 11 is 0. The minimum absolute atomic E-state index is 0.104. The minimum atomic E-state index is -3.59. The first kappa shape index (κ1) is 18.7. The molecule has 0 bridgehead atoms. The van der Waals surface area contributed by atoms with Crippen LogP contribution in [0, 0.1) is 26.7 Å². The van der Waals surface area contributed by atoms with Gasteiger partial charge in [-0.05, 0) is 44.7 Å². The number of aryl methyl sites for hydroxylation is 3. The zero-order chi connectivity index (χ0) is 17.9. The van der Waals surface area contributed by atoms with Crippen LogP contribution < -0.4 is 5.32 Å². The van der Waals surface area contributed by atoms with E-state index < -0.39 is 10.0 Å². The van der Waals surface area contributed by atoms with Crippen molar-refractivity contribution in [3.05, 3.63) is 41.5 Å². The molecule has 6 heteroatoms. The van der Waals surface area contributed by atoms with Gasteiger partial charge in [0.05, 0.1) is 10.8 Å². The van der Waals surface area contributed by atoms with E-state index in [2.05, 4.69) is 11.9 Å². The number of carbonyl (C=O) groups excluding carboxylic acids is 1. The summed E-state index contributed by atoms with van der Waals surface area (Å²) in [5.41, 5.74) is 2.56. The molecule has 0 spiro atoms. The smallest absolute Gasteiger partial charge is 0.243 e. The van der Waals surface area contributed by atoms with Gasteiger partial charge in [-0.2, -0.15) is 4.31 Å². The van der Waals surface area contributed by atoms with Crippen LogP contribution in [0.25, 0.3) is 0 Å². The van der Waals surface area contributed by atoms with E-state index >= 15 is 0 Å². The predicted molar refractivity (Wildman–Crippen MR) is 95.3 cm³/mol. The van der Waals surface area contributed by atoms with Crippen molar-refractivity contribution in [3.8, 4) is 0 Å². The predicted octanol–water partition coefficient (Wildman–Crippen LogP) is 2.31. The number of hydrogen-bond acceptors (Lipinski definition) is 3. The maximum atomic E-state index is 13.1. The maximum Gasteiger partial charge on any atom is 0.243 e. The van der Waals surface area contributed by atoms with Crippen LogP contribution in [0.1, 0.15) is 29.5 Å². The van der Waals surface area contributed by atoms with Gasteiger partial charge in [0.25, 0.3) is 0 Å². The number of piperidine rings is 1. The summed E-state index contributed by atoms with van der Waals surface area (Å²) < 4.78 is 27.7. The van der Waals surface area contributed by atoms with Crippen LogP contribution in [-0.2, 0) is 14.8 Å². The Labute approximate surface area is 144 Å². The van der Waals surface area contributed by atoms with Crippen molar-refractivity contribution in [2.75, 3.05) is 19.6 Å². The van der Waals surface area contributed by atoms with Crippen molar-refractivity contribution in [2.24, 2.45) is 5.92 Å². The average Bonchev–Trinajstić information content (AvgIpc) is 2.51. The van der Waals surface area contributed by atoms with Gasteiger partial charge in [-0.1, -0.05) is 23.8 Å². The molecule has 1 amide bonds. The number of hydrogen-bond donors (Lipinski definition) is 1. The van der Waals surface area contributed by atoms with Crippen LogP contribution in [0.4, 0.5) is 0 Å². The summed E-state index contributed by atoms with van der Waals surface area (Å²) in [5.74, 6) is -0.410. The summed E-state index contributed by atoms with van der Waals surface area (Å²) in [6.07, 6.45) is 3.02. The second-order valence-electron chi connectivity index (χ2n) is 6.46. The second kappa shape index (κ2) is 7.49. The molecule has 0 aromatic heterocycles. The number of rotatable bonds is 5. The van der Waals surface area contributed by atoms with Crippen LogP contribution in [0.2, 0.25) is 0 Å². The molecule has 132 valence electrons. The van der Waals surface area contributed by atoms with Crippen LogP contribution in [-0.4, -0.2) is 38.3 Å². The fraction of sp³-hybridized carbons (Fsp3) is 0.500. The number of amides is 1. The van der Waals surface area contributed by atoms with E-state index in [1.165, 1.54) is 4.31 Å². The molecule has 24 heavy (non-hydrogen) atoms. The Morgan fingerprint density at radius 3 is 2.54 bits per heavy atom. The molecule has 1 atom stereocenters. The third kappa shape index (κ3) is 3.87. The van der Waals surface area contributed by atoms with Crippen LogP contribution in [0.5, 0.6) is 0 Å². The van der Waals surface area contributed by atoms with Gasteiger partial charge in [-0.25, -0.2) is 8.42 Å². The normalized spacial score (nSPS) is 19.0. The molecule has 1 unspecified atom stereocenters. The second-order valence-corrected chi connectivity index (χ2v) is 8.34. The Morgan fingerprint density at radius 1 is 1.33 bits per heavy atom. The van der Waals surface area contributed by atoms with Gasteiger partial charge in [0.1, 0.15) is 0 Å². The molecule has 1 aromatic rings. The van der Waals surface area contributed by atoms with Gasteiger partial charge in [0.2, 0.25) is 15.9 Å². The number of benzene rings is 1. The molecule has 0 radical (unpaired) electrons. The highest BCUT2D eigenvalue weighted by atomic mass is 32.2. The van der Waals surface area contributed by atoms with Gasteiger partial charge in [0, 0.05) is 19.6 Å². The third-order valence-electron chi connectivity index (χ3n) is 4.38. The molecule has 0 saturated carbocycles. The lowest BCUT2D eigenvalue weighted by molar-refractivity contribution is -0.125. The van der Waals surface area contributed by atoms with E-state index in [1.54, 1.807) is 6.08 Å². The first-order valence-corrected chi connectivity index (χ1v) is 9.68. The Bertz CT molecular complexity index is 718. The van der Waals surface area contributed by atoms with E-state index in [0.29, 0.717) is 30.8 Å². The number of nitrogens with zero attached hydrogens (tertiary/aromatic N) is 1. The van der Waals surface area contributed by atoms with Crippen LogP contribution >= 0.6 is 0 Å². The molecule has 1 fully saturated rings. The molecular weight excluding hydrogens is 324 g/mol. The van der Waals surface area contributed by atoms with Crippen molar-refractivity contribution >= 4 is 15.9 Å². The van der Waals surface area contributed by atoms with Crippen LogP contribution in [0.15, 0.2) is 29.7 Å². The number of nitrogens with one attached hydrogen (secondary N) is 1. The molecule has 1 aromatic carbocycles. The monoisotopic (exact) mass is 350 g/mol. The molecule has 2 rings (SSSR count). The van der Waals surface area contributed by atoms with Crippen molar-refractivity contribution in [3.63, 3.8) is 0 Å². The highest BCUT2D eigenvalue weighted by molar-refractivity contribution is 7.89. The highest BCUT2D eigenvalue weighted by Gasteiger charge is 2.34. The molecular formula is C18H26N2O3S. The third-order valence-corrected chi connectivity index (χ3v) is 6.55. The fourth-order valence-electron chi connectivity index (χ4n) is 3.39. The van der Waals surface area contributed by atoms with Gasteiger partial charge < -0.3 is 5.32 Å². The summed E-state index contributed by atoms with van der Waals surface area (Å²) in [4.78, 5) is 12.5. The van der Waals surface area contributed by atoms with Crippen molar-refractivity contribution in [2.45, 2.75) is 38.5 Å². The summed E-state index contributed by atoms with van der Waals surface area (Å²) in [6, 6.07) is 3.77. The Kier molecular flexibility index (Phi) is 5.83. The lowest BCUT2D eigenvalue weighted by Crippen LogP contribution is -2.45. The average molecular weight is 350 g/mol. The van der Waals surface area contributed by atoms with E-state index in [1.807, 2.05) is 32.9 Å². The lowest BCUT2D eigenvalue weighted by atomic mass is 9.99. The van der Waals surface area contributed by atoms with Crippen molar-refractivity contribution in [1.82, 2.24) is 9.62 Å². The first-order valence-electron chi connectivity index (χ1n) is 8.24. The van der Waals surface area contributed by atoms with Gasteiger partial charge in [0.15, 0.2) is 0 Å². The topological polar surface area (TPSA) is 66.5 Å². The van der Waals surface area contributed by atoms with E-state index in [4.69, 9.17) is 0 Å². The van der Waals surface area contributed by atoms with Crippen LogP contribution in [0.3, 0.4) is 0 Å². The summed E-state index contributed by atoms with van der Waals surface area (Å²) in [5, 5.41) is 2.77. The van der Waals surface area contributed by atoms with E-state index in [0.717, 1.165) is 16.7 Å². The zero-order valence-electron chi connectivity index (χ0n) is 14.6. The summed E-state index contributed by atoms with van der Waals surface area (Å²) in [7, 11) is -3.59. The van der Waals surface area contributed by atoms with E-state index in [9.17, 15) is 13.2 Å². The number of sulfonamides is 1. The van der Waals surface area contributed by atoms with Crippen molar-refractivity contribution < 1.29 is 13.2 Å². The molecule has 5 nitrogen and oxygen atoms in total. The molecule has 1 aliphatic rings. The van der Waals surface area contributed by atoms with Gasteiger partial charge in [-0.3, -0.25) is 4.79 Å². The largest absolute Gasteiger partial charge is 0.352 e. The van der Waals surface area contributed by atoms with E-state index in [-0.39, 0.29) is 18.4 Å². The zero-order valence-corrected chi connectivity index (χ0v) is 15.4. The SMILES string of the molecule is C=CCNC(=O)C1CCCN(S(=O)(=O)c2c(C)cc(C)cc2C)C1. The molecule has 1 saturated heterocycles. The lowest BCUT2D eigenvalue weighted by Gasteiger charge is -2.32. The minimum Gasteiger partial charge on any atom is -0.352 e.